The molecule has 5 nitrogen and oxygen atoms in total. The summed E-state index contributed by atoms with van der Waals surface area (Å²) in [5.74, 6) is -0.0242. The lowest BCUT2D eigenvalue weighted by atomic mass is 9.93. The molecule has 4 rings (SSSR count). The predicted molar refractivity (Wildman–Crippen MR) is 96.0 cm³/mol. The second kappa shape index (κ2) is 5.55. The maximum absolute atomic E-state index is 13.0. The average Bonchev–Trinajstić information content (AvgIpc) is 3.31. The fourth-order valence-corrected chi connectivity index (χ4v) is 5.53. The molecule has 0 atom stereocenters. The maximum atomic E-state index is 13.0. The van der Waals surface area contributed by atoms with Gasteiger partial charge in [0.2, 0.25) is 0 Å². The Kier molecular flexibility index (Phi) is 3.78. The minimum absolute atomic E-state index is 0.0242. The zero-order valence-electron chi connectivity index (χ0n) is 14.9. The van der Waals surface area contributed by atoms with E-state index >= 15 is 0 Å². The lowest BCUT2D eigenvalue weighted by Gasteiger charge is -2.38. The van der Waals surface area contributed by atoms with Crippen molar-refractivity contribution in [1.82, 2.24) is 0 Å². The molecule has 136 valence electrons. The smallest absolute Gasteiger partial charge is 0.188 e. The molecule has 0 amide bonds. The van der Waals surface area contributed by atoms with Gasteiger partial charge in [-0.3, -0.25) is 4.79 Å². The van der Waals surface area contributed by atoms with Crippen LogP contribution in [-0.4, -0.2) is 45.3 Å². The number of nitrogens with zero attached hydrogens (tertiary/aromatic N) is 1. The van der Waals surface area contributed by atoms with Crippen LogP contribution in [0.3, 0.4) is 0 Å². The number of sulfone groups is 1. The zero-order chi connectivity index (χ0) is 17.9. The van der Waals surface area contributed by atoms with E-state index in [0.717, 1.165) is 31.6 Å². The Morgan fingerprint density at radius 3 is 2.24 bits per heavy atom. The van der Waals surface area contributed by atoms with Crippen molar-refractivity contribution < 1.29 is 17.9 Å². The van der Waals surface area contributed by atoms with Crippen molar-refractivity contribution in [2.75, 3.05) is 31.2 Å². The van der Waals surface area contributed by atoms with Crippen molar-refractivity contribution in [3.63, 3.8) is 0 Å². The molecule has 3 aliphatic rings. The Morgan fingerprint density at radius 2 is 1.76 bits per heavy atom. The van der Waals surface area contributed by atoms with Crippen molar-refractivity contribution in [3.8, 4) is 0 Å². The highest BCUT2D eigenvalue weighted by atomic mass is 32.2. The second-order valence-corrected chi connectivity index (χ2v) is 10.6. The molecule has 0 bridgehead atoms. The Morgan fingerprint density at radius 1 is 1.12 bits per heavy atom. The van der Waals surface area contributed by atoms with Gasteiger partial charge >= 0.3 is 0 Å². The van der Waals surface area contributed by atoms with Crippen LogP contribution in [-0.2, 0) is 14.6 Å². The summed E-state index contributed by atoms with van der Waals surface area (Å²) in [4.78, 5) is 14.6. The molecule has 1 aliphatic carbocycles. The fraction of sp³-hybridized carbons (Fsp3) is 0.632. The molecule has 2 heterocycles. The van der Waals surface area contributed by atoms with E-state index in [1.807, 2.05) is 0 Å². The van der Waals surface area contributed by atoms with Gasteiger partial charge in [0.15, 0.2) is 15.6 Å². The lowest BCUT2D eigenvalue weighted by Crippen LogP contribution is -2.53. The van der Waals surface area contributed by atoms with Crippen LogP contribution in [0, 0.1) is 5.41 Å². The first kappa shape index (κ1) is 17.0. The molecular weight excluding hydrogens is 338 g/mol. The molecule has 1 aromatic rings. The number of ketones is 1. The molecule has 2 saturated heterocycles. The van der Waals surface area contributed by atoms with Gasteiger partial charge < -0.3 is 9.64 Å². The van der Waals surface area contributed by atoms with E-state index in [1.54, 1.807) is 32.0 Å². The number of hydrogen-bond donors (Lipinski definition) is 0. The summed E-state index contributed by atoms with van der Waals surface area (Å²) in [5.41, 5.74) is 1.92. The van der Waals surface area contributed by atoms with Crippen LogP contribution >= 0.6 is 0 Å². The van der Waals surface area contributed by atoms with Crippen LogP contribution in [0.25, 0.3) is 0 Å². The predicted octanol–water partition coefficient (Wildman–Crippen LogP) is 2.83. The van der Waals surface area contributed by atoms with Crippen molar-refractivity contribution in [2.45, 2.75) is 49.2 Å². The molecule has 0 N–H and O–H groups in total. The topological polar surface area (TPSA) is 63.7 Å². The summed E-state index contributed by atoms with van der Waals surface area (Å²) in [5, 5.41) is 0. The van der Waals surface area contributed by atoms with Gasteiger partial charge in [-0.1, -0.05) is 0 Å². The lowest BCUT2D eigenvalue weighted by molar-refractivity contribution is -0.00490. The third-order valence-electron chi connectivity index (χ3n) is 6.24. The molecule has 3 fully saturated rings. The highest BCUT2D eigenvalue weighted by molar-refractivity contribution is 7.93. The van der Waals surface area contributed by atoms with Gasteiger partial charge in [0.05, 0.1) is 18.1 Å². The van der Waals surface area contributed by atoms with Crippen LogP contribution in [0.4, 0.5) is 5.69 Å². The van der Waals surface area contributed by atoms with Gasteiger partial charge in [-0.25, -0.2) is 8.42 Å². The van der Waals surface area contributed by atoms with Gasteiger partial charge in [0.25, 0.3) is 0 Å². The second-order valence-electron chi connectivity index (χ2n) is 8.17. The Hall–Kier alpha value is -1.40. The van der Waals surface area contributed by atoms with Crippen LogP contribution in [0.5, 0.6) is 0 Å². The Labute approximate surface area is 149 Å². The molecule has 6 heteroatoms. The fourth-order valence-electron chi connectivity index (χ4n) is 3.97. The highest BCUT2D eigenvalue weighted by Gasteiger charge is 2.48. The van der Waals surface area contributed by atoms with Gasteiger partial charge in [-0.2, -0.15) is 0 Å². The first-order valence-corrected chi connectivity index (χ1v) is 10.5. The standard InChI is InChI=1S/C19H25NO4S/c1-14(21)16-4-3-15(25(22,23)18(2)12-24-13-18)11-17(16)20-9-7-19(5-6-19)8-10-20/h3-4,11H,5-10,12-13H2,1-2H3. The van der Waals surface area contributed by atoms with E-state index in [2.05, 4.69) is 4.90 Å². The van der Waals surface area contributed by atoms with Gasteiger partial charge in [0.1, 0.15) is 4.75 Å². The van der Waals surface area contributed by atoms with Gasteiger partial charge in [0, 0.05) is 24.3 Å². The number of anilines is 1. The Balaban J connectivity index is 1.70. The third-order valence-corrected chi connectivity index (χ3v) is 8.65. The van der Waals surface area contributed by atoms with Gasteiger partial charge in [-0.05, 0) is 63.1 Å². The van der Waals surface area contributed by atoms with Crippen molar-refractivity contribution in [3.05, 3.63) is 23.8 Å². The number of piperidine rings is 1. The van der Waals surface area contributed by atoms with E-state index in [0.29, 0.717) is 15.9 Å². The largest absolute Gasteiger partial charge is 0.378 e. The summed E-state index contributed by atoms with van der Waals surface area (Å²) in [6.45, 7) is 5.51. The normalized spacial score (nSPS) is 24.0. The van der Waals surface area contributed by atoms with E-state index < -0.39 is 14.6 Å². The summed E-state index contributed by atoms with van der Waals surface area (Å²) >= 11 is 0. The number of ether oxygens (including phenoxy) is 1. The van der Waals surface area contributed by atoms with Crippen molar-refractivity contribution >= 4 is 21.3 Å². The number of carbonyl (C=O) groups excluding carboxylic acids is 1. The van der Waals surface area contributed by atoms with Crippen molar-refractivity contribution in [1.29, 1.82) is 0 Å². The number of benzene rings is 1. The van der Waals surface area contributed by atoms with Crippen LogP contribution < -0.4 is 4.90 Å². The molecule has 0 aromatic heterocycles. The number of hydrogen-bond acceptors (Lipinski definition) is 5. The van der Waals surface area contributed by atoms with Gasteiger partial charge in [-0.15, -0.1) is 0 Å². The quantitative estimate of drug-likeness (QED) is 0.770. The summed E-state index contributed by atoms with van der Waals surface area (Å²) in [6.07, 6.45) is 4.89. The van der Waals surface area contributed by atoms with E-state index in [4.69, 9.17) is 4.74 Å². The maximum Gasteiger partial charge on any atom is 0.188 e. The molecule has 2 aliphatic heterocycles. The molecule has 0 unspecified atom stereocenters. The van der Waals surface area contributed by atoms with Crippen molar-refractivity contribution in [2.24, 2.45) is 5.41 Å². The summed E-state index contributed by atoms with van der Waals surface area (Å²) < 4.78 is 30.2. The molecule has 25 heavy (non-hydrogen) atoms. The first-order chi connectivity index (χ1) is 11.8. The molecule has 0 radical (unpaired) electrons. The third kappa shape index (κ3) is 2.70. The summed E-state index contributed by atoms with van der Waals surface area (Å²) in [7, 11) is -3.48. The van der Waals surface area contributed by atoms with Crippen LogP contribution in [0.1, 0.15) is 49.9 Å². The molecule has 1 spiro atoms. The minimum Gasteiger partial charge on any atom is -0.378 e. The van der Waals surface area contributed by atoms with Crippen LogP contribution in [0.2, 0.25) is 0 Å². The van der Waals surface area contributed by atoms with E-state index in [1.165, 1.54) is 12.8 Å². The monoisotopic (exact) mass is 363 g/mol. The Bertz CT molecular complexity index is 812. The number of Topliss-reactive ketones (excluding diaryl/α,β-unsaturated/α-hetero) is 1. The highest BCUT2D eigenvalue weighted by Crippen LogP contribution is 2.54. The minimum atomic E-state index is -3.48. The molecular formula is C19H25NO4S. The SMILES string of the molecule is CC(=O)c1ccc(S(=O)(=O)C2(C)COC2)cc1N1CCC2(CC1)CC2. The summed E-state index contributed by atoms with van der Waals surface area (Å²) in [6, 6.07) is 4.96. The number of carbonyl (C=O) groups is 1. The zero-order valence-corrected chi connectivity index (χ0v) is 15.7. The van der Waals surface area contributed by atoms with E-state index in [9.17, 15) is 13.2 Å². The first-order valence-electron chi connectivity index (χ1n) is 8.99. The van der Waals surface area contributed by atoms with E-state index in [-0.39, 0.29) is 19.0 Å². The van der Waals surface area contributed by atoms with Crippen LogP contribution in [0.15, 0.2) is 23.1 Å². The average molecular weight is 363 g/mol. The molecule has 1 aromatic carbocycles. The molecule has 1 saturated carbocycles. The number of rotatable bonds is 4.